The van der Waals surface area contributed by atoms with Crippen molar-refractivity contribution in [1.82, 2.24) is 4.90 Å². The van der Waals surface area contributed by atoms with Crippen molar-refractivity contribution in [2.24, 2.45) is 5.41 Å². The second-order valence-electron chi connectivity index (χ2n) is 3.81. The lowest BCUT2D eigenvalue weighted by Crippen LogP contribution is -2.38. The van der Waals surface area contributed by atoms with E-state index in [2.05, 4.69) is 27.7 Å². The molecule has 0 N–H and O–H groups in total. The van der Waals surface area contributed by atoms with Crippen LogP contribution in [0.3, 0.4) is 0 Å². The topological polar surface area (TPSA) is 20.3 Å². The van der Waals surface area contributed by atoms with Gasteiger partial charge in [0.1, 0.15) is 0 Å². The first-order valence-electron chi connectivity index (χ1n) is 3.57. The lowest BCUT2D eigenvalue weighted by atomic mass is 9.87. The minimum Gasteiger partial charge on any atom is -0.345 e. The molecule has 0 aliphatic heterocycles. The first-order valence-corrected chi connectivity index (χ1v) is 3.57. The van der Waals surface area contributed by atoms with Gasteiger partial charge >= 0.3 is 0 Å². The molecular weight excluding hydrogens is 126 g/mol. The van der Waals surface area contributed by atoms with Crippen LogP contribution in [-0.2, 0) is 4.79 Å². The summed E-state index contributed by atoms with van der Waals surface area (Å²) < 4.78 is 0. The minimum absolute atomic E-state index is 0.176. The van der Waals surface area contributed by atoms with Gasteiger partial charge in [0.25, 0.3) is 0 Å². The summed E-state index contributed by atoms with van der Waals surface area (Å²) in [7, 11) is 1.81. The van der Waals surface area contributed by atoms with E-state index in [0.717, 1.165) is 6.41 Å². The molecule has 2 heteroatoms. The Labute approximate surface area is 63.2 Å². The summed E-state index contributed by atoms with van der Waals surface area (Å²) in [6, 6.07) is 0.296. The van der Waals surface area contributed by atoms with Crippen LogP contribution in [0.4, 0.5) is 0 Å². The maximum Gasteiger partial charge on any atom is 0.209 e. The maximum absolute atomic E-state index is 10.3. The number of carbonyl (C=O) groups is 1. The third kappa shape index (κ3) is 2.38. The van der Waals surface area contributed by atoms with E-state index in [1.807, 2.05) is 7.05 Å². The zero-order chi connectivity index (χ0) is 8.36. The molecular formula is C8H17NO. The van der Waals surface area contributed by atoms with Crippen LogP contribution in [-0.4, -0.2) is 24.4 Å². The van der Waals surface area contributed by atoms with Gasteiger partial charge in [-0.05, 0) is 12.3 Å². The molecule has 0 aromatic heterocycles. The fourth-order valence-corrected chi connectivity index (χ4v) is 0.702. The molecule has 1 unspecified atom stereocenters. The van der Waals surface area contributed by atoms with Crippen molar-refractivity contribution >= 4 is 6.41 Å². The highest BCUT2D eigenvalue weighted by molar-refractivity contribution is 5.47. The number of carbonyl (C=O) groups excluding carboxylic acids is 1. The molecule has 1 amide bonds. The van der Waals surface area contributed by atoms with E-state index < -0.39 is 0 Å². The zero-order valence-corrected chi connectivity index (χ0v) is 7.51. The minimum atomic E-state index is 0.176. The number of hydrogen-bond donors (Lipinski definition) is 0. The first kappa shape index (κ1) is 9.47. The molecule has 10 heavy (non-hydrogen) atoms. The van der Waals surface area contributed by atoms with Gasteiger partial charge in [-0.1, -0.05) is 20.8 Å². The van der Waals surface area contributed by atoms with Gasteiger partial charge in [-0.25, -0.2) is 0 Å². The first-order chi connectivity index (χ1) is 4.39. The average molecular weight is 143 g/mol. The van der Waals surface area contributed by atoms with Crippen molar-refractivity contribution in [3.05, 3.63) is 0 Å². The smallest absolute Gasteiger partial charge is 0.209 e. The molecule has 0 spiro atoms. The second-order valence-corrected chi connectivity index (χ2v) is 3.81. The predicted molar refractivity (Wildman–Crippen MR) is 42.7 cm³/mol. The van der Waals surface area contributed by atoms with Gasteiger partial charge in [0, 0.05) is 13.1 Å². The van der Waals surface area contributed by atoms with Crippen LogP contribution in [0, 0.1) is 5.41 Å². The van der Waals surface area contributed by atoms with E-state index in [-0.39, 0.29) is 5.41 Å². The van der Waals surface area contributed by atoms with Gasteiger partial charge in [-0.3, -0.25) is 4.79 Å². The molecule has 0 radical (unpaired) electrons. The number of rotatable bonds is 2. The largest absolute Gasteiger partial charge is 0.345 e. The van der Waals surface area contributed by atoms with Gasteiger partial charge in [-0.15, -0.1) is 0 Å². The van der Waals surface area contributed by atoms with Gasteiger partial charge < -0.3 is 4.90 Å². The zero-order valence-electron chi connectivity index (χ0n) is 7.51. The normalized spacial score (nSPS) is 14.5. The van der Waals surface area contributed by atoms with Crippen LogP contribution in [0.1, 0.15) is 27.7 Å². The van der Waals surface area contributed by atoms with E-state index in [0.29, 0.717) is 6.04 Å². The van der Waals surface area contributed by atoms with E-state index in [4.69, 9.17) is 0 Å². The molecule has 0 rings (SSSR count). The highest BCUT2D eigenvalue weighted by Crippen LogP contribution is 2.21. The quantitative estimate of drug-likeness (QED) is 0.536. The van der Waals surface area contributed by atoms with Gasteiger partial charge in [0.2, 0.25) is 6.41 Å². The average Bonchev–Trinajstić information content (AvgIpc) is 1.83. The molecule has 60 valence electrons. The Hall–Kier alpha value is -0.530. The van der Waals surface area contributed by atoms with Crippen molar-refractivity contribution in [3.63, 3.8) is 0 Å². The van der Waals surface area contributed by atoms with E-state index in [1.54, 1.807) is 4.90 Å². The summed E-state index contributed by atoms with van der Waals surface area (Å²) >= 11 is 0. The molecule has 2 nitrogen and oxygen atoms in total. The Kier molecular flexibility index (Phi) is 2.88. The van der Waals surface area contributed by atoms with Crippen LogP contribution < -0.4 is 0 Å². The van der Waals surface area contributed by atoms with Gasteiger partial charge in [0.15, 0.2) is 0 Å². The Balaban J connectivity index is 4.07. The standard InChI is InChI=1S/C8H17NO/c1-7(8(2,3)4)9(5)6-10/h6-7H,1-5H3. The highest BCUT2D eigenvalue weighted by Gasteiger charge is 2.22. The second kappa shape index (κ2) is 3.04. The summed E-state index contributed by atoms with van der Waals surface area (Å²) in [4.78, 5) is 12.0. The third-order valence-corrected chi connectivity index (χ3v) is 2.03. The van der Waals surface area contributed by atoms with Crippen molar-refractivity contribution in [2.45, 2.75) is 33.7 Å². The summed E-state index contributed by atoms with van der Waals surface area (Å²) in [6.45, 7) is 8.42. The molecule has 0 saturated heterocycles. The van der Waals surface area contributed by atoms with Crippen molar-refractivity contribution in [3.8, 4) is 0 Å². The summed E-state index contributed by atoms with van der Waals surface area (Å²) in [6.07, 6.45) is 0.871. The predicted octanol–water partition coefficient (Wildman–Crippen LogP) is 1.51. The van der Waals surface area contributed by atoms with E-state index in [9.17, 15) is 4.79 Å². The van der Waals surface area contributed by atoms with Gasteiger partial charge in [0.05, 0.1) is 0 Å². The molecule has 0 aromatic rings. The SMILES string of the molecule is CC(N(C)C=O)C(C)(C)C. The fourth-order valence-electron chi connectivity index (χ4n) is 0.702. The summed E-state index contributed by atoms with van der Waals surface area (Å²) in [5.74, 6) is 0. The van der Waals surface area contributed by atoms with E-state index >= 15 is 0 Å². The highest BCUT2D eigenvalue weighted by atomic mass is 16.1. The molecule has 0 aliphatic carbocycles. The van der Waals surface area contributed by atoms with Crippen molar-refractivity contribution in [2.75, 3.05) is 7.05 Å². The molecule has 0 saturated carbocycles. The van der Waals surface area contributed by atoms with Crippen LogP contribution in [0.25, 0.3) is 0 Å². The lowest BCUT2D eigenvalue weighted by Gasteiger charge is -2.32. The Morgan fingerprint density at radius 1 is 1.40 bits per heavy atom. The molecule has 0 heterocycles. The third-order valence-electron chi connectivity index (χ3n) is 2.03. The summed E-state index contributed by atoms with van der Waals surface area (Å²) in [5.41, 5.74) is 0.176. The molecule has 0 fully saturated rings. The lowest BCUT2D eigenvalue weighted by molar-refractivity contribution is -0.120. The monoisotopic (exact) mass is 143 g/mol. The van der Waals surface area contributed by atoms with Gasteiger partial charge in [-0.2, -0.15) is 0 Å². The molecule has 0 aliphatic rings. The number of amides is 1. The Bertz CT molecular complexity index is 115. The fraction of sp³-hybridized carbons (Fsp3) is 0.875. The number of nitrogens with zero attached hydrogens (tertiary/aromatic N) is 1. The Morgan fingerprint density at radius 2 is 1.80 bits per heavy atom. The van der Waals surface area contributed by atoms with Crippen molar-refractivity contribution < 1.29 is 4.79 Å². The van der Waals surface area contributed by atoms with E-state index in [1.165, 1.54) is 0 Å². The Morgan fingerprint density at radius 3 is 1.90 bits per heavy atom. The van der Waals surface area contributed by atoms with Crippen LogP contribution in [0.5, 0.6) is 0 Å². The maximum atomic E-state index is 10.3. The van der Waals surface area contributed by atoms with Crippen LogP contribution in [0.2, 0.25) is 0 Å². The molecule has 0 aromatic carbocycles. The van der Waals surface area contributed by atoms with Crippen LogP contribution >= 0.6 is 0 Å². The number of hydrogen-bond acceptors (Lipinski definition) is 1. The van der Waals surface area contributed by atoms with Crippen molar-refractivity contribution in [1.29, 1.82) is 0 Å². The summed E-state index contributed by atoms with van der Waals surface area (Å²) in [5, 5.41) is 0. The molecule has 1 atom stereocenters. The van der Waals surface area contributed by atoms with Crippen LogP contribution in [0.15, 0.2) is 0 Å². The molecule has 0 bridgehead atoms.